The first-order chi connectivity index (χ1) is 15.3. The molecule has 2 aromatic carbocycles. The zero-order valence-corrected chi connectivity index (χ0v) is 17.6. The molecule has 0 radical (unpaired) electrons. The molecule has 4 heterocycles. The number of fused-ring (bicyclic) bond motifs is 2. The summed E-state index contributed by atoms with van der Waals surface area (Å²) in [5.41, 5.74) is 6.38. The molecule has 31 heavy (non-hydrogen) atoms. The summed E-state index contributed by atoms with van der Waals surface area (Å²) in [7, 11) is 0. The number of rotatable bonds is 4. The molecule has 4 aromatic heterocycles. The van der Waals surface area contributed by atoms with Gasteiger partial charge in [-0.15, -0.1) is 10.2 Å². The normalized spacial score (nSPS) is 11.5. The van der Waals surface area contributed by atoms with Crippen LogP contribution in [0.25, 0.3) is 33.3 Å². The van der Waals surface area contributed by atoms with Crippen LogP contribution in [0.15, 0.2) is 79.0 Å². The summed E-state index contributed by atoms with van der Waals surface area (Å²) in [6.45, 7) is 1.99. The molecular weight excluding hydrogens is 404 g/mol. The first-order valence-corrected chi connectivity index (χ1v) is 10.9. The zero-order chi connectivity index (χ0) is 20.8. The molecule has 0 atom stereocenters. The SMILES string of the molecule is Cc1nc2ccccn2c1-c1nnc2sc(Cc3ccc(-c4ccccc4)cc3)nn12. The van der Waals surface area contributed by atoms with Crippen molar-refractivity contribution in [3.63, 3.8) is 0 Å². The van der Waals surface area contributed by atoms with Crippen LogP contribution in [-0.4, -0.2) is 29.2 Å². The van der Waals surface area contributed by atoms with Crippen molar-refractivity contribution in [2.24, 2.45) is 0 Å². The van der Waals surface area contributed by atoms with Crippen LogP contribution in [0.3, 0.4) is 0 Å². The Morgan fingerprint density at radius 1 is 0.839 bits per heavy atom. The summed E-state index contributed by atoms with van der Waals surface area (Å²) >= 11 is 1.57. The van der Waals surface area contributed by atoms with Gasteiger partial charge in [0.15, 0.2) is 0 Å². The van der Waals surface area contributed by atoms with E-state index >= 15 is 0 Å². The zero-order valence-electron chi connectivity index (χ0n) is 16.8. The third-order valence-electron chi connectivity index (χ3n) is 5.37. The third-order valence-corrected chi connectivity index (χ3v) is 6.26. The molecule has 6 nitrogen and oxygen atoms in total. The lowest BCUT2D eigenvalue weighted by atomic mass is 10.0. The summed E-state index contributed by atoms with van der Waals surface area (Å²) in [4.78, 5) is 5.43. The third kappa shape index (κ3) is 3.10. The molecule has 0 aliphatic rings. The minimum Gasteiger partial charge on any atom is -0.297 e. The molecule has 0 unspecified atom stereocenters. The predicted octanol–water partition coefficient (Wildman–Crippen LogP) is 5.07. The molecule has 0 bridgehead atoms. The molecule has 0 aliphatic carbocycles. The van der Waals surface area contributed by atoms with Crippen LogP contribution >= 0.6 is 11.3 Å². The van der Waals surface area contributed by atoms with Gasteiger partial charge in [0.25, 0.3) is 0 Å². The van der Waals surface area contributed by atoms with Crippen LogP contribution in [0.4, 0.5) is 0 Å². The highest BCUT2D eigenvalue weighted by Crippen LogP contribution is 2.27. The van der Waals surface area contributed by atoms with E-state index in [1.54, 1.807) is 11.3 Å². The van der Waals surface area contributed by atoms with Gasteiger partial charge in [0.1, 0.15) is 16.3 Å². The molecule has 6 rings (SSSR count). The maximum atomic E-state index is 4.82. The van der Waals surface area contributed by atoms with E-state index in [0.29, 0.717) is 5.82 Å². The minimum atomic E-state index is 0.716. The largest absolute Gasteiger partial charge is 0.297 e. The number of aromatic nitrogens is 6. The highest BCUT2D eigenvalue weighted by Gasteiger charge is 2.19. The number of hydrogen-bond donors (Lipinski definition) is 0. The predicted molar refractivity (Wildman–Crippen MR) is 122 cm³/mol. The second-order valence-electron chi connectivity index (χ2n) is 7.43. The number of hydrogen-bond acceptors (Lipinski definition) is 5. The van der Waals surface area contributed by atoms with Gasteiger partial charge in [-0.3, -0.25) is 4.40 Å². The Kier molecular flexibility index (Phi) is 4.14. The minimum absolute atomic E-state index is 0.716. The van der Waals surface area contributed by atoms with Gasteiger partial charge in [0.2, 0.25) is 10.8 Å². The molecular formula is C24H18N6S. The van der Waals surface area contributed by atoms with Crippen molar-refractivity contribution in [3.05, 3.63) is 95.3 Å². The lowest BCUT2D eigenvalue weighted by molar-refractivity contribution is 0.908. The standard InChI is InChI=1S/C24H18N6S/c1-16-22(29-14-6-5-9-20(29)25-16)23-26-27-24-30(23)28-21(31-24)15-17-10-12-19(13-11-17)18-7-3-2-4-8-18/h2-14H,15H2,1H3. The second-order valence-corrected chi connectivity index (χ2v) is 8.47. The molecule has 0 amide bonds. The van der Waals surface area contributed by atoms with E-state index in [1.807, 2.05) is 46.3 Å². The Morgan fingerprint density at radius 2 is 1.61 bits per heavy atom. The molecule has 0 fully saturated rings. The average molecular weight is 423 g/mol. The van der Waals surface area contributed by atoms with Crippen LogP contribution in [0.5, 0.6) is 0 Å². The van der Waals surface area contributed by atoms with Gasteiger partial charge in [-0.25, -0.2) is 4.98 Å². The fraction of sp³-hybridized carbons (Fsp3) is 0.0833. The van der Waals surface area contributed by atoms with Gasteiger partial charge < -0.3 is 0 Å². The molecule has 7 heteroatoms. The van der Waals surface area contributed by atoms with Gasteiger partial charge in [-0.2, -0.15) is 9.61 Å². The summed E-state index contributed by atoms with van der Waals surface area (Å²) in [6.07, 6.45) is 2.75. The summed E-state index contributed by atoms with van der Waals surface area (Å²) in [5, 5.41) is 14.6. The van der Waals surface area contributed by atoms with Gasteiger partial charge in [-0.05, 0) is 35.7 Å². The summed E-state index contributed by atoms with van der Waals surface area (Å²) in [5.74, 6) is 0.716. The maximum absolute atomic E-state index is 4.82. The molecule has 0 saturated carbocycles. The maximum Gasteiger partial charge on any atom is 0.235 e. The lowest BCUT2D eigenvalue weighted by Crippen LogP contribution is -1.97. The fourth-order valence-electron chi connectivity index (χ4n) is 3.88. The van der Waals surface area contributed by atoms with Gasteiger partial charge in [0, 0.05) is 12.6 Å². The van der Waals surface area contributed by atoms with Crippen molar-refractivity contribution in [3.8, 4) is 22.6 Å². The molecule has 0 aliphatic heterocycles. The fourth-order valence-corrected chi connectivity index (χ4v) is 4.75. The smallest absolute Gasteiger partial charge is 0.235 e. The van der Waals surface area contributed by atoms with E-state index in [4.69, 9.17) is 5.10 Å². The summed E-state index contributed by atoms with van der Waals surface area (Å²) in [6, 6.07) is 25.0. The first kappa shape index (κ1) is 18.0. The quantitative estimate of drug-likeness (QED) is 0.398. The van der Waals surface area contributed by atoms with Gasteiger partial charge in [0.05, 0.1) is 5.69 Å². The lowest BCUT2D eigenvalue weighted by Gasteiger charge is -2.03. The van der Waals surface area contributed by atoms with Crippen molar-refractivity contribution in [2.75, 3.05) is 0 Å². The van der Waals surface area contributed by atoms with E-state index < -0.39 is 0 Å². The van der Waals surface area contributed by atoms with Crippen molar-refractivity contribution >= 4 is 21.9 Å². The number of aryl methyl sites for hydroxylation is 1. The van der Waals surface area contributed by atoms with Crippen LogP contribution in [0.1, 0.15) is 16.3 Å². The van der Waals surface area contributed by atoms with Gasteiger partial charge >= 0.3 is 0 Å². The van der Waals surface area contributed by atoms with E-state index in [0.717, 1.165) is 33.4 Å². The van der Waals surface area contributed by atoms with E-state index in [1.165, 1.54) is 16.7 Å². The number of pyridine rings is 1. The number of imidazole rings is 1. The van der Waals surface area contributed by atoms with Gasteiger partial charge in [-0.1, -0.05) is 72.0 Å². The Balaban J connectivity index is 1.33. The average Bonchev–Trinajstić information content (AvgIpc) is 3.47. The Labute approximate surface area is 182 Å². The molecule has 150 valence electrons. The van der Waals surface area contributed by atoms with Crippen LogP contribution in [0, 0.1) is 6.92 Å². The van der Waals surface area contributed by atoms with Crippen molar-refractivity contribution < 1.29 is 0 Å². The highest BCUT2D eigenvalue weighted by molar-refractivity contribution is 7.16. The molecule has 6 aromatic rings. The molecule has 0 saturated heterocycles. The van der Waals surface area contributed by atoms with Crippen LogP contribution < -0.4 is 0 Å². The molecule has 0 N–H and O–H groups in total. The van der Waals surface area contributed by atoms with E-state index in [2.05, 4.69) is 63.7 Å². The Morgan fingerprint density at radius 3 is 2.45 bits per heavy atom. The second kappa shape index (κ2) is 7.14. The Hall–Kier alpha value is -3.84. The Bertz CT molecular complexity index is 1510. The molecule has 0 spiro atoms. The number of benzene rings is 2. The van der Waals surface area contributed by atoms with E-state index in [-0.39, 0.29) is 0 Å². The first-order valence-electron chi connectivity index (χ1n) is 10.1. The number of nitrogens with zero attached hydrogens (tertiary/aromatic N) is 6. The summed E-state index contributed by atoms with van der Waals surface area (Å²) < 4.78 is 3.87. The highest BCUT2D eigenvalue weighted by atomic mass is 32.1. The monoisotopic (exact) mass is 422 g/mol. The van der Waals surface area contributed by atoms with E-state index in [9.17, 15) is 0 Å². The van der Waals surface area contributed by atoms with Crippen molar-refractivity contribution in [1.82, 2.24) is 29.2 Å². The van der Waals surface area contributed by atoms with Crippen LogP contribution in [0.2, 0.25) is 0 Å². The topological polar surface area (TPSA) is 60.4 Å². The van der Waals surface area contributed by atoms with Crippen molar-refractivity contribution in [2.45, 2.75) is 13.3 Å². The van der Waals surface area contributed by atoms with Crippen molar-refractivity contribution in [1.29, 1.82) is 0 Å². The van der Waals surface area contributed by atoms with Crippen LogP contribution in [-0.2, 0) is 6.42 Å².